The van der Waals surface area contributed by atoms with Gasteiger partial charge in [0.2, 0.25) is 0 Å². The largest absolute Gasteiger partial charge is 0.299 e. The summed E-state index contributed by atoms with van der Waals surface area (Å²) in [6.07, 6.45) is 15.7. The predicted molar refractivity (Wildman–Crippen MR) is 100.0 cm³/mol. The van der Waals surface area contributed by atoms with Crippen molar-refractivity contribution in [1.29, 1.82) is 0 Å². The Kier molecular flexibility index (Phi) is 8.49. The molecule has 2 heteroatoms. The van der Waals surface area contributed by atoms with Gasteiger partial charge in [0.05, 0.1) is 0 Å². The molecule has 138 valence electrons. The second-order valence-electron chi connectivity index (χ2n) is 8.50. The third-order valence-corrected chi connectivity index (χ3v) is 6.62. The van der Waals surface area contributed by atoms with Crippen LogP contribution in [0.3, 0.4) is 0 Å². The van der Waals surface area contributed by atoms with Crippen molar-refractivity contribution in [2.24, 2.45) is 23.7 Å². The van der Waals surface area contributed by atoms with E-state index in [1.54, 1.807) is 0 Å². The van der Waals surface area contributed by atoms with E-state index in [-0.39, 0.29) is 5.92 Å². The van der Waals surface area contributed by atoms with Gasteiger partial charge in [-0.05, 0) is 37.5 Å². The van der Waals surface area contributed by atoms with Gasteiger partial charge >= 0.3 is 0 Å². The van der Waals surface area contributed by atoms with Crippen LogP contribution in [-0.2, 0) is 9.59 Å². The van der Waals surface area contributed by atoms with Crippen LogP contribution in [0.25, 0.3) is 0 Å². The fraction of sp³-hybridized carbons (Fsp3) is 0.909. The summed E-state index contributed by atoms with van der Waals surface area (Å²) >= 11 is 0. The zero-order chi connectivity index (χ0) is 17.4. The minimum Gasteiger partial charge on any atom is -0.299 e. The Morgan fingerprint density at radius 2 is 1.62 bits per heavy atom. The lowest BCUT2D eigenvalue weighted by atomic mass is 9.75. The summed E-state index contributed by atoms with van der Waals surface area (Å²) in [5.41, 5.74) is 0. The number of Topliss-reactive ketones (excluding diaryl/α,β-unsaturated/α-hetero) is 2. The molecule has 2 aliphatic carbocycles. The lowest BCUT2D eigenvalue weighted by Gasteiger charge is -2.30. The highest BCUT2D eigenvalue weighted by molar-refractivity contribution is 5.83. The lowest BCUT2D eigenvalue weighted by Crippen LogP contribution is -2.22. The topological polar surface area (TPSA) is 34.1 Å². The van der Waals surface area contributed by atoms with Crippen molar-refractivity contribution < 1.29 is 9.59 Å². The minimum absolute atomic E-state index is 0.181. The Labute approximate surface area is 149 Å². The van der Waals surface area contributed by atoms with Crippen molar-refractivity contribution in [3.63, 3.8) is 0 Å². The number of hydrogen-bond acceptors (Lipinski definition) is 2. The number of rotatable bonds is 9. The van der Waals surface area contributed by atoms with E-state index < -0.39 is 0 Å². The zero-order valence-electron chi connectivity index (χ0n) is 16.0. The maximum Gasteiger partial charge on any atom is 0.135 e. The van der Waals surface area contributed by atoms with Gasteiger partial charge in [0, 0.05) is 24.7 Å². The number of hydrogen-bond donors (Lipinski definition) is 0. The van der Waals surface area contributed by atoms with Gasteiger partial charge < -0.3 is 0 Å². The van der Waals surface area contributed by atoms with E-state index in [1.807, 2.05) is 6.92 Å². The molecule has 24 heavy (non-hydrogen) atoms. The molecule has 2 rings (SSSR count). The second kappa shape index (κ2) is 10.4. The number of carbonyl (C=O) groups is 2. The van der Waals surface area contributed by atoms with Crippen molar-refractivity contribution >= 4 is 11.6 Å². The van der Waals surface area contributed by atoms with Crippen LogP contribution in [0.5, 0.6) is 0 Å². The quantitative estimate of drug-likeness (QED) is 0.509. The molecule has 0 aromatic rings. The summed E-state index contributed by atoms with van der Waals surface area (Å²) in [6, 6.07) is 0. The number of ketones is 2. The van der Waals surface area contributed by atoms with Gasteiger partial charge in [-0.1, -0.05) is 65.2 Å². The SMILES string of the molecule is CCCCC(C)C(=O)CCCC(=O)C1CCCC2CCCCC2C1. The fourth-order valence-corrected chi connectivity index (χ4v) is 4.94. The first-order valence-electron chi connectivity index (χ1n) is 10.7. The monoisotopic (exact) mass is 334 g/mol. The van der Waals surface area contributed by atoms with Crippen LogP contribution in [0.2, 0.25) is 0 Å². The molecule has 0 heterocycles. The van der Waals surface area contributed by atoms with Crippen LogP contribution in [0.15, 0.2) is 0 Å². The van der Waals surface area contributed by atoms with Crippen LogP contribution < -0.4 is 0 Å². The second-order valence-corrected chi connectivity index (χ2v) is 8.50. The Balaban J connectivity index is 1.70. The third kappa shape index (κ3) is 6.01. The molecule has 2 fully saturated rings. The minimum atomic E-state index is 0.181. The maximum atomic E-state index is 12.6. The number of unbranched alkanes of at least 4 members (excludes halogenated alkanes) is 1. The van der Waals surface area contributed by atoms with E-state index in [9.17, 15) is 9.59 Å². The van der Waals surface area contributed by atoms with Crippen LogP contribution in [0, 0.1) is 23.7 Å². The normalized spacial score (nSPS) is 28.7. The van der Waals surface area contributed by atoms with E-state index in [0.717, 1.165) is 50.4 Å². The fourth-order valence-electron chi connectivity index (χ4n) is 4.94. The van der Waals surface area contributed by atoms with Gasteiger partial charge in [0.1, 0.15) is 11.6 Å². The van der Waals surface area contributed by atoms with Gasteiger partial charge in [0.25, 0.3) is 0 Å². The van der Waals surface area contributed by atoms with E-state index >= 15 is 0 Å². The molecule has 0 aliphatic heterocycles. The van der Waals surface area contributed by atoms with E-state index in [1.165, 1.54) is 38.5 Å². The molecule has 0 N–H and O–H groups in total. The van der Waals surface area contributed by atoms with Crippen LogP contribution in [0.1, 0.15) is 104 Å². The highest BCUT2D eigenvalue weighted by Gasteiger charge is 2.32. The summed E-state index contributed by atoms with van der Waals surface area (Å²) in [4.78, 5) is 24.8. The molecule has 2 nitrogen and oxygen atoms in total. The average molecular weight is 335 g/mol. The molecular formula is C22H38O2. The Bertz CT molecular complexity index is 401. The van der Waals surface area contributed by atoms with Crippen LogP contribution in [0.4, 0.5) is 0 Å². The average Bonchev–Trinajstić information content (AvgIpc) is 2.81. The van der Waals surface area contributed by atoms with Gasteiger partial charge in [-0.15, -0.1) is 0 Å². The van der Waals surface area contributed by atoms with Crippen molar-refractivity contribution in [2.45, 2.75) is 104 Å². The van der Waals surface area contributed by atoms with E-state index in [2.05, 4.69) is 6.92 Å². The molecule has 0 radical (unpaired) electrons. The molecule has 4 unspecified atom stereocenters. The molecule has 2 saturated carbocycles. The number of fused-ring (bicyclic) bond motifs is 1. The number of carbonyl (C=O) groups excluding carboxylic acids is 2. The Morgan fingerprint density at radius 1 is 0.917 bits per heavy atom. The van der Waals surface area contributed by atoms with Crippen molar-refractivity contribution in [3.8, 4) is 0 Å². The summed E-state index contributed by atoms with van der Waals surface area (Å²) < 4.78 is 0. The summed E-state index contributed by atoms with van der Waals surface area (Å²) in [5, 5.41) is 0. The molecule has 0 bridgehead atoms. The molecule has 0 aromatic carbocycles. The van der Waals surface area contributed by atoms with Crippen molar-refractivity contribution in [1.82, 2.24) is 0 Å². The van der Waals surface area contributed by atoms with Gasteiger partial charge in [-0.3, -0.25) is 9.59 Å². The molecule has 0 aromatic heterocycles. The van der Waals surface area contributed by atoms with Crippen molar-refractivity contribution in [2.75, 3.05) is 0 Å². The zero-order valence-corrected chi connectivity index (χ0v) is 16.0. The van der Waals surface area contributed by atoms with E-state index in [0.29, 0.717) is 30.3 Å². The molecule has 0 saturated heterocycles. The lowest BCUT2D eigenvalue weighted by molar-refractivity contribution is -0.124. The first-order valence-corrected chi connectivity index (χ1v) is 10.7. The third-order valence-electron chi connectivity index (χ3n) is 6.62. The molecule has 0 amide bonds. The first-order chi connectivity index (χ1) is 11.6. The summed E-state index contributed by atoms with van der Waals surface area (Å²) in [5.74, 6) is 3.01. The molecule has 2 aliphatic rings. The Hall–Kier alpha value is -0.660. The smallest absolute Gasteiger partial charge is 0.135 e. The highest BCUT2D eigenvalue weighted by Crippen LogP contribution is 2.41. The van der Waals surface area contributed by atoms with Crippen molar-refractivity contribution in [3.05, 3.63) is 0 Å². The van der Waals surface area contributed by atoms with Gasteiger partial charge in [-0.25, -0.2) is 0 Å². The Morgan fingerprint density at radius 3 is 2.38 bits per heavy atom. The van der Waals surface area contributed by atoms with Crippen LogP contribution in [-0.4, -0.2) is 11.6 Å². The summed E-state index contributed by atoms with van der Waals surface area (Å²) in [6.45, 7) is 4.22. The summed E-state index contributed by atoms with van der Waals surface area (Å²) in [7, 11) is 0. The van der Waals surface area contributed by atoms with E-state index in [4.69, 9.17) is 0 Å². The van der Waals surface area contributed by atoms with Crippen LogP contribution >= 0.6 is 0 Å². The highest BCUT2D eigenvalue weighted by atomic mass is 16.1. The standard InChI is InChI=1S/C22H38O2/c1-3-4-9-17(2)21(23)14-8-15-22(24)20-13-7-12-18-10-5-6-11-19(18)16-20/h17-20H,3-16H2,1-2H3. The molecule has 4 atom stereocenters. The van der Waals surface area contributed by atoms with Gasteiger partial charge in [0.15, 0.2) is 0 Å². The molecule has 0 spiro atoms. The molecular weight excluding hydrogens is 296 g/mol. The predicted octanol–water partition coefficient (Wildman–Crippen LogP) is 6.12. The van der Waals surface area contributed by atoms with Gasteiger partial charge in [-0.2, -0.15) is 0 Å². The first kappa shape index (κ1) is 19.7. The maximum absolute atomic E-state index is 12.6.